The lowest BCUT2D eigenvalue weighted by Gasteiger charge is -2.20. The smallest absolute Gasteiger partial charge is 0.307 e. The van der Waals surface area contributed by atoms with Gasteiger partial charge >= 0.3 is 5.97 Å². The van der Waals surface area contributed by atoms with Crippen LogP contribution in [0.25, 0.3) is 16.2 Å². The number of thiophene rings is 1. The monoisotopic (exact) mass is 381 g/mol. The van der Waals surface area contributed by atoms with E-state index >= 15 is 0 Å². The summed E-state index contributed by atoms with van der Waals surface area (Å²) in [4.78, 5) is 26.1. The van der Waals surface area contributed by atoms with Gasteiger partial charge in [0, 0.05) is 41.2 Å². The number of rotatable bonds is 8. The fraction of sp³-hybridized carbons (Fsp3) is 0.333. The Labute approximate surface area is 155 Å². The van der Waals surface area contributed by atoms with E-state index < -0.39 is 0 Å². The SMILES string of the molecule is COCCN(CCC(=O)OC)C(=O)/C=C/c1sc2ccccc2c1Cl. The number of esters is 1. The first-order chi connectivity index (χ1) is 12.1. The van der Waals surface area contributed by atoms with Crippen LogP contribution in [-0.2, 0) is 19.1 Å². The topological polar surface area (TPSA) is 55.8 Å². The molecule has 25 heavy (non-hydrogen) atoms. The number of carbonyl (C=O) groups is 2. The van der Waals surface area contributed by atoms with E-state index in [2.05, 4.69) is 4.74 Å². The molecule has 2 aromatic rings. The van der Waals surface area contributed by atoms with Gasteiger partial charge < -0.3 is 14.4 Å². The summed E-state index contributed by atoms with van der Waals surface area (Å²) in [6, 6.07) is 7.83. The molecule has 0 fully saturated rings. The summed E-state index contributed by atoms with van der Waals surface area (Å²) < 4.78 is 10.7. The summed E-state index contributed by atoms with van der Waals surface area (Å²) in [5.74, 6) is -0.554. The zero-order chi connectivity index (χ0) is 18.2. The Kier molecular flexibility index (Phi) is 7.43. The third kappa shape index (κ3) is 5.29. The molecule has 0 spiro atoms. The lowest BCUT2D eigenvalue weighted by atomic mass is 10.2. The van der Waals surface area contributed by atoms with Crippen LogP contribution in [0.15, 0.2) is 30.3 Å². The number of ether oxygens (including phenoxy) is 2. The van der Waals surface area contributed by atoms with Crippen LogP contribution in [0.4, 0.5) is 0 Å². The molecule has 1 aromatic heterocycles. The Morgan fingerprint density at radius 3 is 2.68 bits per heavy atom. The van der Waals surface area contributed by atoms with Gasteiger partial charge in [0.1, 0.15) is 0 Å². The van der Waals surface area contributed by atoms with Gasteiger partial charge in [-0.1, -0.05) is 29.8 Å². The fourth-order valence-corrected chi connectivity index (χ4v) is 3.65. The maximum atomic E-state index is 12.4. The number of halogens is 1. The lowest BCUT2D eigenvalue weighted by Crippen LogP contribution is -2.34. The molecule has 0 bridgehead atoms. The average molecular weight is 382 g/mol. The van der Waals surface area contributed by atoms with E-state index in [1.807, 2.05) is 24.3 Å². The van der Waals surface area contributed by atoms with Crippen molar-refractivity contribution in [3.05, 3.63) is 40.2 Å². The zero-order valence-corrected chi connectivity index (χ0v) is 15.7. The van der Waals surface area contributed by atoms with Gasteiger partial charge in [-0.05, 0) is 12.1 Å². The van der Waals surface area contributed by atoms with Crippen molar-refractivity contribution in [2.24, 2.45) is 0 Å². The number of nitrogens with zero attached hydrogens (tertiary/aromatic N) is 1. The highest BCUT2D eigenvalue weighted by Crippen LogP contribution is 2.35. The van der Waals surface area contributed by atoms with Crippen molar-refractivity contribution in [3.8, 4) is 0 Å². The van der Waals surface area contributed by atoms with Crippen molar-refractivity contribution in [1.29, 1.82) is 0 Å². The highest BCUT2D eigenvalue weighted by atomic mass is 35.5. The molecule has 0 saturated carbocycles. The predicted molar refractivity (Wildman–Crippen MR) is 101 cm³/mol. The van der Waals surface area contributed by atoms with Crippen LogP contribution in [0.3, 0.4) is 0 Å². The highest BCUT2D eigenvalue weighted by Gasteiger charge is 2.14. The molecule has 0 saturated heterocycles. The van der Waals surface area contributed by atoms with Crippen molar-refractivity contribution in [2.45, 2.75) is 6.42 Å². The molecule has 5 nitrogen and oxygen atoms in total. The second-order valence-corrected chi connectivity index (χ2v) is 6.72. The van der Waals surface area contributed by atoms with Crippen LogP contribution in [0, 0.1) is 0 Å². The Balaban J connectivity index is 2.10. The molecule has 1 heterocycles. The number of fused-ring (bicyclic) bond motifs is 1. The van der Waals surface area contributed by atoms with Crippen LogP contribution in [-0.4, -0.2) is 50.7 Å². The van der Waals surface area contributed by atoms with Crippen LogP contribution >= 0.6 is 22.9 Å². The summed E-state index contributed by atoms with van der Waals surface area (Å²) >= 11 is 7.91. The molecule has 0 unspecified atom stereocenters. The molecule has 0 aliphatic heterocycles. The quantitative estimate of drug-likeness (QED) is 0.517. The van der Waals surface area contributed by atoms with Gasteiger partial charge in [-0.15, -0.1) is 11.3 Å². The summed E-state index contributed by atoms with van der Waals surface area (Å²) in [5.41, 5.74) is 0. The maximum Gasteiger partial charge on any atom is 0.307 e. The lowest BCUT2D eigenvalue weighted by molar-refractivity contribution is -0.141. The number of methoxy groups -OCH3 is 2. The average Bonchev–Trinajstić information content (AvgIpc) is 2.95. The van der Waals surface area contributed by atoms with Gasteiger partial charge in [0.15, 0.2) is 0 Å². The van der Waals surface area contributed by atoms with E-state index in [4.69, 9.17) is 16.3 Å². The Morgan fingerprint density at radius 1 is 1.24 bits per heavy atom. The molecule has 1 amide bonds. The summed E-state index contributed by atoms with van der Waals surface area (Å²) in [6.45, 7) is 1.07. The molecule has 0 aliphatic rings. The van der Waals surface area contributed by atoms with Crippen LogP contribution in [0.1, 0.15) is 11.3 Å². The Morgan fingerprint density at radius 2 is 2.00 bits per heavy atom. The molecule has 0 N–H and O–H groups in total. The van der Waals surface area contributed by atoms with E-state index in [9.17, 15) is 9.59 Å². The first-order valence-corrected chi connectivity index (χ1v) is 8.96. The van der Waals surface area contributed by atoms with Gasteiger partial charge in [-0.2, -0.15) is 0 Å². The number of carbonyl (C=O) groups excluding carboxylic acids is 2. The standard InChI is InChI=1S/C18H20ClNO4S/c1-23-12-11-20(10-9-17(22)24-2)16(21)8-7-15-18(19)13-5-3-4-6-14(13)25-15/h3-8H,9-12H2,1-2H3/b8-7+. The van der Waals surface area contributed by atoms with E-state index in [1.165, 1.54) is 24.5 Å². The first kappa shape index (κ1) is 19.4. The molecule has 0 aliphatic carbocycles. The normalized spacial score (nSPS) is 11.2. The number of benzene rings is 1. The number of amides is 1. The van der Waals surface area contributed by atoms with E-state index in [0.29, 0.717) is 18.2 Å². The third-order valence-corrected chi connectivity index (χ3v) is 5.28. The molecule has 134 valence electrons. The minimum absolute atomic E-state index is 0.142. The minimum Gasteiger partial charge on any atom is -0.469 e. The van der Waals surface area contributed by atoms with Gasteiger partial charge in [-0.3, -0.25) is 9.59 Å². The van der Waals surface area contributed by atoms with Crippen molar-refractivity contribution in [1.82, 2.24) is 4.90 Å². The summed E-state index contributed by atoms with van der Waals surface area (Å²) in [7, 11) is 2.89. The predicted octanol–water partition coefficient (Wildman–Crippen LogP) is 3.61. The minimum atomic E-state index is -0.355. The molecule has 0 atom stereocenters. The first-order valence-electron chi connectivity index (χ1n) is 7.76. The molecular weight excluding hydrogens is 362 g/mol. The van der Waals surface area contributed by atoms with Crippen molar-refractivity contribution in [2.75, 3.05) is 33.9 Å². The van der Waals surface area contributed by atoms with Gasteiger partial charge in [0.05, 0.1) is 25.2 Å². The van der Waals surface area contributed by atoms with Crippen molar-refractivity contribution in [3.63, 3.8) is 0 Å². The molecule has 2 rings (SSSR count). The van der Waals surface area contributed by atoms with Crippen LogP contribution < -0.4 is 0 Å². The number of hydrogen-bond donors (Lipinski definition) is 0. The second kappa shape index (κ2) is 9.56. The van der Waals surface area contributed by atoms with E-state index in [-0.39, 0.29) is 24.8 Å². The molecule has 1 aromatic carbocycles. The van der Waals surface area contributed by atoms with Gasteiger partial charge in [0.25, 0.3) is 0 Å². The Hall–Kier alpha value is -1.89. The highest BCUT2D eigenvalue weighted by molar-refractivity contribution is 7.20. The largest absolute Gasteiger partial charge is 0.469 e. The van der Waals surface area contributed by atoms with Crippen LogP contribution in [0.2, 0.25) is 5.02 Å². The number of hydrogen-bond acceptors (Lipinski definition) is 5. The van der Waals surface area contributed by atoms with Crippen molar-refractivity contribution < 1.29 is 19.1 Å². The Bertz CT molecular complexity index is 772. The zero-order valence-electron chi connectivity index (χ0n) is 14.2. The summed E-state index contributed by atoms with van der Waals surface area (Å²) in [6.07, 6.45) is 3.33. The summed E-state index contributed by atoms with van der Waals surface area (Å²) in [5, 5.41) is 1.62. The van der Waals surface area contributed by atoms with Crippen molar-refractivity contribution >= 4 is 51.0 Å². The maximum absolute atomic E-state index is 12.4. The van der Waals surface area contributed by atoms with E-state index in [1.54, 1.807) is 18.1 Å². The third-order valence-electron chi connectivity index (χ3n) is 3.63. The molecular formula is C18H20ClNO4S. The van der Waals surface area contributed by atoms with E-state index in [0.717, 1.165) is 15.0 Å². The van der Waals surface area contributed by atoms with Crippen LogP contribution in [0.5, 0.6) is 0 Å². The molecule has 0 radical (unpaired) electrons. The van der Waals surface area contributed by atoms with Gasteiger partial charge in [-0.25, -0.2) is 0 Å². The molecule has 7 heteroatoms. The second-order valence-electron chi connectivity index (χ2n) is 5.25. The van der Waals surface area contributed by atoms with Gasteiger partial charge in [0.2, 0.25) is 5.91 Å². The fourth-order valence-electron chi connectivity index (χ4n) is 2.25.